The molecule has 0 spiro atoms. The van der Waals surface area contributed by atoms with Crippen molar-refractivity contribution in [1.82, 2.24) is 25.0 Å². The molecule has 0 aliphatic carbocycles. The summed E-state index contributed by atoms with van der Waals surface area (Å²) in [6, 6.07) is 6.91. The van der Waals surface area contributed by atoms with Crippen LogP contribution in [0, 0.1) is 5.82 Å². The monoisotopic (exact) mass is 381 g/mol. The van der Waals surface area contributed by atoms with Crippen molar-refractivity contribution in [2.45, 2.75) is 45.3 Å². The van der Waals surface area contributed by atoms with E-state index in [-0.39, 0.29) is 11.7 Å². The summed E-state index contributed by atoms with van der Waals surface area (Å²) in [4.78, 5) is 18.1. The second-order valence-corrected chi connectivity index (χ2v) is 7.72. The molecule has 6 nitrogen and oxygen atoms in total. The van der Waals surface area contributed by atoms with E-state index in [1.165, 1.54) is 11.8 Å². The predicted molar refractivity (Wildman–Crippen MR) is 104 cm³/mol. The van der Waals surface area contributed by atoms with Gasteiger partial charge in [-0.15, -0.1) is 0 Å². The van der Waals surface area contributed by atoms with E-state index in [1.807, 2.05) is 4.90 Å². The number of carbonyl (C=O) groups is 1. The molecule has 3 aromatic rings. The molecule has 0 radical (unpaired) electrons. The number of halogens is 1. The maximum atomic E-state index is 13.7. The summed E-state index contributed by atoms with van der Waals surface area (Å²) in [6.45, 7) is 4.03. The average Bonchev–Trinajstić information content (AvgIpc) is 3.19. The van der Waals surface area contributed by atoms with Gasteiger partial charge < -0.3 is 15.2 Å². The van der Waals surface area contributed by atoms with Gasteiger partial charge >= 0.3 is 0 Å². The Morgan fingerprint density at radius 3 is 3.11 bits per heavy atom. The summed E-state index contributed by atoms with van der Waals surface area (Å²) in [5.41, 5.74) is 5.29. The number of amides is 1. The molecule has 28 heavy (non-hydrogen) atoms. The minimum atomic E-state index is -0.244. The van der Waals surface area contributed by atoms with E-state index in [1.54, 1.807) is 12.1 Å². The van der Waals surface area contributed by atoms with Crippen LogP contribution in [0.25, 0.3) is 10.9 Å². The molecule has 4 heterocycles. The number of benzene rings is 1. The van der Waals surface area contributed by atoms with Crippen LogP contribution in [0.4, 0.5) is 4.39 Å². The summed E-state index contributed by atoms with van der Waals surface area (Å²) in [6.07, 6.45) is 2.97. The number of nitrogens with one attached hydrogen (secondary N) is 2. The molecular formula is C21H24FN5O. The molecule has 2 aliphatic heterocycles. The number of fused-ring (bicyclic) bond motifs is 4. The van der Waals surface area contributed by atoms with E-state index in [0.29, 0.717) is 25.9 Å². The Kier molecular flexibility index (Phi) is 4.39. The molecule has 0 bridgehead atoms. The third-order valence-electron chi connectivity index (χ3n) is 5.83. The second-order valence-electron chi connectivity index (χ2n) is 7.72. The van der Waals surface area contributed by atoms with Gasteiger partial charge in [0.05, 0.1) is 11.4 Å². The van der Waals surface area contributed by atoms with Gasteiger partial charge in [0.25, 0.3) is 0 Å². The molecule has 0 atom stereocenters. The topological polar surface area (TPSA) is 66.0 Å². The minimum Gasteiger partial charge on any atom is -0.358 e. The first kappa shape index (κ1) is 17.4. The van der Waals surface area contributed by atoms with E-state index in [2.05, 4.69) is 26.1 Å². The van der Waals surface area contributed by atoms with Crippen LogP contribution in [0.3, 0.4) is 0 Å². The van der Waals surface area contributed by atoms with Gasteiger partial charge in [0, 0.05) is 67.6 Å². The number of H-pyrrole nitrogens is 1. The first-order chi connectivity index (χ1) is 13.7. The van der Waals surface area contributed by atoms with Gasteiger partial charge in [-0.3, -0.25) is 9.48 Å². The molecule has 7 heteroatoms. The zero-order valence-corrected chi connectivity index (χ0v) is 15.8. The lowest BCUT2D eigenvalue weighted by Crippen LogP contribution is -2.35. The summed E-state index contributed by atoms with van der Waals surface area (Å²) in [5.74, 6) is -0.107. The predicted octanol–water partition coefficient (Wildman–Crippen LogP) is 2.51. The third kappa shape index (κ3) is 3.20. The molecule has 2 N–H and O–H groups in total. The lowest BCUT2D eigenvalue weighted by atomic mass is 10.0. The Morgan fingerprint density at radius 2 is 2.18 bits per heavy atom. The van der Waals surface area contributed by atoms with Crippen LogP contribution in [0.5, 0.6) is 0 Å². The number of aromatic nitrogens is 3. The number of hydrogen-bond donors (Lipinski definition) is 2. The van der Waals surface area contributed by atoms with Gasteiger partial charge in [-0.25, -0.2) is 4.39 Å². The summed E-state index contributed by atoms with van der Waals surface area (Å²) in [5, 5.41) is 8.95. The van der Waals surface area contributed by atoms with Gasteiger partial charge in [-0.2, -0.15) is 5.10 Å². The van der Waals surface area contributed by atoms with Crippen LogP contribution in [0.1, 0.15) is 35.5 Å². The van der Waals surface area contributed by atoms with Crippen molar-refractivity contribution in [3.63, 3.8) is 0 Å². The van der Waals surface area contributed by atoms with Crippen LogP contribution in [-0.2, 0) is 37.3 Å². The Hall–Kier alpha value is -2.67. The molecule has 2 aromatic heterocycles. The first-order valence-corrected chi connectivity index (χ1v) is 10.0. The van der Waals surface area contributed by atoms with Crippen molar-refractivity contribution < 1.29 is 9.18 Å². The maximum Gasteiger partial charge on any atom is 0.223 e. The molecular weight excluding hydrogens is 357 g/mol. The number of aryl methyl sites for hydroxylation is 2. The lowest BCUT2D eigenvalue weighted by molar-refractivity contribution is -0.132. The van der Waals surface area contributed by atoms with Gasteiger partial charge in [-0.05, 0) is 37.2 Å². The summed E-state index contributed by atoms with van der Waals surface area (Å²) >= 11 is 0. The number of nitrogens with zero attached hydrogens (tertiary/aromatic N) is 3. The first-order valence-electron chi connectivity index (χ1n) is 10.0. The largest absolute Gasteiger partial charge is 0.358 e. The van der Waals surface area contributed by atoms with Gasteiger partial charge in [-0.1, -0.05) is 0 Å². The van der Waals surface area contributed by atoms with E-state index < -0.39 is 0 Å². The zero-order chi connectivity index (χ0) is 19.1. The number of rotatable bonds is 3. The normalized spacial score (nSPS) is 16.7. The van der Waals surface area contributed by atoms with E-state index in [0.717, 1.165) is 60.3 Å². The lowest BCUT2D eigenvalue weighted by Gasteiger charge is -2.27. The van der Waals surface area contributed by atoms with Crippen molar-refractivity contribution in [3.8, 4) is 0 Å². The maximum absolute atomic E-state index is 13.7. The molecule has 5 rings (SSSR count). The highest BCUT2D eigenvalue weighted by Gasteiger charge is 2.24. The Morgan fingerprint density at radius 1 is 1.25 bits per heavy atom. The number of hydrogen-bond acceptors (Lipinski definition) is 3. The van der Waals surface area contributed by atoms with Crippen molar-refractivity contribution in [1.29, 1.82) is 0 Å². The third-order valence-corrected chi connectivity index (χ3v) is 5.83. The zero-order valence-electron chi connectivity index (χ0n) is 15.8. The highest BCUT2D eigenvalue weighted by molar-refractivity contribution is 5.86. The fourth-order valence-corrected chi connectivity index (χ4v) is 4.34. The quantitative estimate of drug-likeness (QED) is 0.733. The van der Waals surface area contributed by atoms with Crippen LogP contribution >= 0.6 is 0 Å². The molecule has 2 aliphatic rings. The average molecular weight is 381 g/mol. The van der Waals surface area contributed by atoms with E-state index in [9.17, 15) is 9.18 Å². The molecule has 0 saturated carbocycles. The second kappa shape index (κ2) is 7.05. The summed E-state index contributed by atoms with van der Waals surface area (Å²) < 4.78 is 15.7. The van der Waals surface area contributed by atoms with Crippen LogP contribution in [-0.4, -0.2) is 38.7 Å². The Labute approximate surface area is 162 Å². The fraction of sp³-hybridized carbons (Fsp3) is 0.429. The van der Waals surface area contributed by atoms with Gasteiger partial charge in [0.2, 0.25) is 5.91 Å². The Balaban J connectivity index is 1.27. The van der Waals surface area contributed by atoms with E-state index >= 15 is 0 Å². The number of aromatic amines is 1. The van der Waals surface area contributed by atoms with E-state index in [4.69, 9.17) is 0 Å². The minimum absolute atomic E-state index is 0.137. The molecule has 0 saturated heterocycles. The van der Waals surface area contributed by atoms with Crippen LogP contribution in [0.2, 0.25) is 0 Å². The Bertz CT molecular complexity index is 1010. The van der Waals surface area contributed by atoms with Crippen molar-refractivity contribution in [3.05, 3.63) is 52.7 Å². The highest BCUT2D eigenvalue weighted by atomic mass is 19.1. The van der Waals surface area contributed by atoms with Crippen LogP contribution in [0.15, 0.2) is 24.3 Å². The molecule has 146 valence electrons. The van der Waals surface area contributed by atoms with Crippen molar-refractivity contribution in [2.75, 3.05) is 13.1 Å². The molecule has 0 fully saturated rings. The van der Waals surface area contributed by atoms with Crippen molar-refractivity contribution in [2.24, 2.45) is 0 Å². The molecule has 1 amide bonds. The highest BCUT2D eigenvalue weighted by Crippen LogP contribution is 2.28. The van der Waals surface area contributed by atoms with Crippen LogP contribution < -0.4 is 5.32 Å². The van der Waals surface area contributed by atoms with Gasteiger partial charge in [0.1, 0.15) is 5.82 Å². The van der Waals surface area contributed by atoms with Gasteiger partial charge in [0.15, 0.2) is 0 Å². The smallest absolute Gasteiger partial charge is 0.223 e. The molecule has 0 unspecified atom stereocenters. The van der Waals surface area contributed by atoms with Crippen molar-refractivity contribution >= 4 is 16.8 Å². The summed E-state index contributed by atoms with van der Waals surface area (Å²) in [7, 11) is 0. The molecule has 1 aromatic carbocycles. The standard InChI is InChI=1S/C21H24FN5O/c22-14-2-4-19-17(10-14)18-13-26(9-6-20(18)24-19)21(28)5-3-15-11-16-12-23-7-1-8-27(16)25-15/h2,4,10-11,23-24H,1,3,5-9,12-13H2. The number of carbonyl (C=O) groups excluding carboxylic acids is 1. The fourth-order valence-electron chi connectivity index (χ4n) is 4.34. The SMILES string of the molecule is O=C(CCc1cc2n(n1)CCCNC2)N1CCc2[nH]c3ccc(F)cc3c2C1.